The van der Waals surface area contributed by atoms with Gasteiger partial charge in [0.05, 0.1) is 19.1 Å². The fourth-order valence-corrected chi connectivity index (χ4v) is 5.28. The first-order valence-corrected chi connectivity index (χ1v) is 10.6. The summed E-state index contributed by atoms with van der Waals surface area (Å²) in [5.74, 6) is 1.23. The van der Waals surface area contributed by atoms with Crippen LogP contribution >= 0.6 is 0 Å². The third-order valence-corrected chi connectivity index (χ3v) is 7.07. The maximum atomic E-state index is 13.4. The average molecular weight is 396 g/mol. The van der Waals surface area contributed by atoms with E-state index in [-0.39, 0.29) is 11.5 Å². The monoisotopic (exact) mass is 395 g/mol. The molecule has 0 radical (unpaired) electrons. The van der Waals surface area contributed by atoms with E-state index in [1.807, 2.05) is 12.4 Å². The Morgan fingerprint density at radius 3 is 2.93 bits per heavy atom. The molecule has 29 heavy (non-hydrogen) atoms. The number of aromatic nitrogens is 3. The number of imidazole rings is 1. The normalized spacial score (nSPS) is 24.6. The lowest BCUT2D eigenvalue weighted by Crippen LogP contribution is -2.57. The van der Waals surface area contributed by atoms with E-state index in [9.17, 15) is 4.79 Å². The van der Waals surface area contributed by atoms with Gasteiger partial charge in [-0.25, -0.2) is 9.97 Å². The minimum Gasteiger partial charge on any atom is -0.481 e. The summed E-state index contributed by atoms with van der Waals surface area (Å²) >= 11 is 0. The van der Waals surface area contributed by atoms with Gasteiger partial charge in [0.25, 0.3) is 0 Å². The van der Waals surface area contributed by atoms with E-state index in [1.165, 1.54) is 12.1 Å². The number of carbonyl (C=O) groups excluding carboxylic acids is 1. The molecule has 1 amide bonds. The number of rotatable bonds is 4. The van der Waals surface area contributed by atoms with Crippen LogP contribution < -0.4 is 4.74 Å². The largest absolute Gasteiger partial charge is 0.481 e. The van der Waals surface area contributed by atoms with Crippen LogP contribution in [0.2, 0.25) is 0 Å². The lowest BCUT2D eigenvalue weighted by Gasteiger charge is -2.46. The number of likely N-dealkylation sites (tertiary alicyclic amines) is 1. The topological polar surface area (TPSA) is 63.5 Å². The quantitative estimate of drug-likeness (QED) is 0.793. The first-order valence-electron chi connectivity index (χ1n) is 10.6. The Bertz CT molecular complexity index is 922. The van der Waals surface area contributed by atoms with Crippen LogP contribution in [0.1, 0.15) is 42.6 Å². The first kappa shape index (κ1) is 18.6. The Morgan fingerprint density at radius 2 is 2.17 bits per heavy atom. The second-order valence-corrected chi connectivity index (χ2v) is 8.68. The fraction of sp³-hybridized carbons (Fsp3) is 0.591. The summed E-state index contributed by atoms with van der Waals surface area (Å²) in [5.41, 5.74) is 3.17. The molecule has 0 aromatic carbocycles. The van der Waals surface area contributed by atoms with Crippen molar-refractivity contribution >= 4 is 5.91 Å². The van der Waals surface area contributed by atoms with Crippen molar-refractivity contribution in [3.8, 4) is 5.88 Å². The predicted molar refractivity (Wildman–Crippen MR) is 108 cm³/mol. The standard InChI is InChI=1S/C22H29N5O2/c1-25-15-24-19-18(25)8-11-27(21(28)16-5-3-6-16)22(19)9-12-26(14-22)13-17-7-4-10-23-20(17)29-2/h4,7,10,15-16H,3,5-6,8-9,11-14H2,1-2H3. The lowest BCUT2D eigenvalue weighted by atomic mass is 9.80. The van der Waals surface area contributed by atoms with Gasteiger partial charge in [-0.3, -0.25) is 9.69 Å². The van der Waals surface area contributed by atoms with Crippen molar-refractivity contribution in [1.82, 2.24) is 24.3 Å². The van der Waals surface area contributed by atoms with Crippen LogP contribution in [0.3, 0.4) is 0 Å². The lowest BCUT2D eigenvalue weighted by molar-refractivity contribution is -0.146. The van der Waals surface area contributed by atoms with E-state index >= 15 is 0 Å². The van der Waals surface area contributed by atoms with Crippen molar-refractivity contribution in [2.24, 2.45) is 13.0 Å². The molecule has 1 saturated heterocycles. The molecular weight excluding hydrogens is 366 g/mol. The summed E-state index contributed by atoms with van der Waals surface area (Å²) in [7, 11) is 3.73. The summed E-state index contributed by atoms with van der Waals surface area (Å²) in [5, 5.41) is 0. The highest BCUT2D eigenvalue weighted by molar-refractivity contribution is 5.81. The number of hydrogen-bond acceptors (Lipinski definition) is 5. The third-order valence-electron chi connectivity index (χ3n) is 7.07. The summed E-state index contributed by atoms with van der Waals surface area (Å²) in [6, 6.07) is 4.02. The maximum Gasteiger partial charge on any atom is 0.226 e. The number of carbonyl (C=O) groups is 1. The second kappa shape index (κ2) is 7.13. The Balaban J connectivity index is 1.46. The maximum absolute atomic E-state index is 13.4. The van der Waals surface area contributed by atoms with Crippen LogP contribution in [0, 0.1) is 5.92 Å². The molecule has 2 aromatic heterocycles. The van der Waals surface area contributed by atoms with Crippen molar-refractivity contribution in [3.05, 3.63) is 41.6 Å². The van der Waals surface area contributed by atoms with E-state index in [2.05, 4.69) is 32.5 Å². The Morgan fingerprint density at radius 1 is 1.31 bits per heavy atom. The van der Waals surface area contributed by atoms with Crippen molar-refractivity contribution in [2.45, 2.75) is 44.2 Å². The fourth-order valence-electron chi connectivity index (χ4n) is 5.28. The third kappa shape index (κ3) is 2.94. The molecule has 2 aromatic rings. The van der Waals surface area contributed by atoms with Crippen molar-refractivity contribution in [3.63, 3.8) is 0 Å². The van der Waals surface area contributed by atoms with Gasteiger partial charge in [-0.15, -0.1) is 0 Å². The van der Waals surface area contributed by atoms with Crippen molar-refractivity contribution < 1.29 is 9.53 Å². The molecule has 0 bridgehead atoms. The zero-order valence-electron chi connectivity index (χ0n) is 17.3. The molecule has 1 unspecified atom stereocenters. The van der Waals surface area contributed by atoms with E-state index in [0.717, 1.165) is 63.1 Å². The summed E-state index contributed by atoms with van der Waals surface area (Å²) in [6.45, 7) is 3.31. The van der Waals surface area contributed by atoms with Crippen LogP contribution in [0.25, 0.3) is 0 Å². The van der Waals surface area contributed by atoms with Gasteiger partial charge in [-0.2, -0.15) is 0 Å². The van der Waals surface area contributed by atoms with Crippen LogP contribution in [0.4, 0.5) is 0 Å². The summed E-state index contributed by atoms with van der Waals surface area (Å²) in [4.78, 5) is 27.1. The van der Waals surface area contributed by atoms with Gasteiger partial charge in [0.15, 0.2) is 0 Å². The zero-order chi connectivity index (χ0) is 20.0. The number of hydrogen-bond donors (Lipinski definition) is 0. The molecule has 0 N–H and O–H groups in total. The molecule has 1 spiro atoms. The average Bonchev–Trinajstić information content (AvgIpc) is 3.26. The number of aryl methyl sites for hydroxylation is 1. The molecule has 2 fully saturated rings. The molecule has 3 aliphatic rings. The minimum absolute atomic E-state index is 0.213. The van der Waals surface area contributed by atoms with E-state index < -0.39 is 0 Å². The first-order chi connectivity index (χ1) is 14.1. The highest BCUT2D eigenvalue weighted by Gasteiger charge is 2.52. The summed E-state index contributed by atoms with van der Waals surface area (Å²) < 4.78 is 7.58. The smallest absolute Gasteiger partial charge is 0.226 e. The van der Waals surface area contributed by atoms with E-state index in [0.29, 0.717) is 11.8 Å². The van der Waals surface area contributed by atoms with E-state index in [1.54, 1.807) is 13.3 Å². The molecule has 1 atom stereocenters. The molecular formula is C22H29N5O2. The predicted octanol–water partition coefficient (Wildman–Crippen LogP) is 2.11. The van der Waals surface area contributed by atoms with Crippen molar-refractivity contribution in [2.75, 3.05) is 26.7 Å². The number of amides is 1. The number of ether oxygens (including phenoxy) is 1. The Labute approximate surface area is 171 Å². The van der Waals surface area contributed by atoms with Gasteiger partial charge in [0.1, 0.15) is 5.54 Å². The molecule has 1 saturated carbocycles. The van der Waals surface area contributed by atoms with E-state index in [4.69, 9.17) is 9.72 Å². The summed E-state index contributed by atoms with van der Waals surface area (Å²) in [6.07, 6.45) is 8.75. The number of nitrogens with zero attached hydrogens (tertiary/aromatic N) is 5. The second-order valence-electron chi connectivity index (χ2n) is 8.68. The molecule has 154 valence electrons. The highest BCUT2D eigenvalue weighted by atomic mass is 16.5. The molecule has 2 aliphatic heterocycles. The SMILES string of the molecule is COc1ncccc1CN1CCC2(C1)c1ncn(C)c1CCN2C(=O)C1CCC1. The molecule has 7 nitrogen and oxygen atoms in total. The molecule has 4 heterocycles. The van der Waals surface area contributed by atoms with Crippen LogP contribution in [0.15, 0.2) is 24.7 Å². The minimum atomic E-state index is -0.309. The van der Waals surface area contributed by atoms with Crippen LogP contribution in [-0.2, 0) is 30.3 Å². The van der Waals surface area contributed by atoms with Crippen molar-refractivity contribution in [1.29, 1.82) is 0 Å². The number of pyridine rings is 1. The van der Waals surface area contributed by atoms with Gasteiger partial charge >= 0.3 is 0 Å². The Hall–Kier alpha value is -2.41. The number of methoxy groups -OCH3 is 1. The molecule has 5 rings (SSSR count). The van der Waals surface area contributed by atoms with Gasteiger partial charge < -0.3 is 14.2 Å². The van der Waals surface area contributed by atoms with Crippen LogP contribution in [0.5, 0.6) is 5.88 Å². The zero-order valence-corrected chi connectivity index (χ0v) is 17.3. The van der Waals surface area contributed by atoms with Crippen LogP contribution in [-0.4, -0.2) is 57.0 Å². The van der Waals surface area contributed by atoms with Gasteiger partial charge in [0.2, 0.25) is 11.8 Å². The van der Waals surface area contributed by atoms with Gasteiger partial charge in [0, 0.05) is 63.0 Å². The van der Waals surface area contributed by atoms with Gasteiger partial charge in [-0.1, -0.05) is 12.5 Å². The highest BCUT2D eigenvalue weighted by Crippen LogP contribution is 2.44. The number of fused-ring (bicyclic) bond motifs is 2. The molecule has 1 aliphatic carbocycles. The Kier molecular flexibility index (Phi) is 4.57. The molecule has 7 heteroatoms. The van der Waals surface area contributed by atoms with Gasteiger partial charge in [-0.05, 0) is 25.3 Å².